The summed E-state index contributed by atoms with van der Waals surface area (Å²) in [5.74, 6) is 7.24. The van der Waals surface area contributed by atoms with E-state index in [-0.39, 0.29) is 6.10 Å². The van der Waals surface area contributed by atoms with Crippen molar-refractivity contribution in [1.29, 1.82) is 0 Å². The predicted molar refractivity (Wildman–Crippen MR) is 124 cm³/mol. The Labute approximate surface area is 192 Å². The van der Waals surface area contributed by atoms with Gasteiger partial charge in [-0.3, -0.25) is 5.21 Å². The molecule has 3 N–H and O–H groups in total. The third kappa shape index (κ3) is 5.50. The van der Waals surface area contributed by atoms with Crippen molar-refractivity contribution in [1.82, 2.24) is 5.06 Å². The van der Waals surface area contributed by atoms with Gasteiger partial charge in [0.25, 0.3) is 0 Å². The quantitative estimate of drug-likeness (QED) is 0.336. The van der Waals surface area contributed by atoms with Crippen LogP contribution in [0.4, 0.5) is 4.79 Å². The van der Waals surface area contributed by atoms with Crippen LogP contribution in [0.2, 0.25) is 0 Å². The molecule has 1 aliphatic heterocycles. The number of urea groups is 1. The highest BCUT2D eigenvalue weighted by Crippen LogP contribution is 2.31. The molecule has 166 valence electrons. The SMILES string of the molecule is CC(C#Cc1cccc(C2CC(c3cccc(Oc4ccccc4)c3)=NO2)c1)N(O)C(N)=O. The van der Waals surface area contributed by atoms with Gasteiger partial charge in [-0.2, -0.15) is 5.06 Å². The van der Waals surface area contributed by atoms with E-state index in [0.717, 1.165) is 33.9 Å². The zero-order valence-electron chi connectivity index (χ0n) is 18.0. The lowest BCUT2D eigenvalue weighted by Crippen LogP contribution is -2.38. The van der Waals surface area contributed by atoms with Gasteiger partial charge in [0.2, 0.25) is 0 Å². The smallest absolute Gasteiger partial charge is 0.339 e. The van der Waals surface area contributed by atoms with Crippen molar-refractivity contribution in [3.8, 4) is 23.3 Å². The van der Waals surface area contributed by atoms with Gasteiger partial charge in [-0.05, 0) is 48.9 Å². The van der Waals surface area contributed by atoms with E-state index < -0.39 is 12.1 Å². The Balaban J connectivity index is 1.44. The van der Waals surface area contributed by atoms with Crippen molar-refractivity contribution in [3.05, 3.63) is 95.6 Å². The number of nitrogens with two attached hydrogens (primary N) is 1. The van der Waals surface area contributed by atoms with Crippen LogP contribution in [0.15, 0.2) is 84.0 Å². The lowest BCUT2D eigenvalue weighted by Gasteiger charge is -2.14. The maximum absolute atomic E-state index is 11.0. The molecule has 7 heteroatoms. The molecule has 3 aromatic carbocycles. The molecule has 7 nitrogen and oxygen atoms in total. The molecule has 2 amide bonds. The second-order valence-electron chi connectivity index (χ2n) is 7.53. The van der Waals surface area contributed by atoms with E-state index in [1.54, 1.807) is 6.92 Å². The van der Waals surface area contributed by atoms with E-state index in [9.17, 15) is 10.0 Å². The van der Waals surface area contributed by atoms with Crippen LogP contribution in [0.5, 0.6) is 11.5 Å². The van der Waals surface area contributed by atoms with Crippen LogP contribution in [-0.4, -0.2) is 28.1 Å². The average molecular weight is 441 g/mol. The molecule has 0 saturated carbocycles. The Bertz CT molecular complexity index is 1230. The number of hydroxylamine groups is 2. The van der Waals surface area contributed by atoms with E-state index in [1.807, 2.05) is 78.9 Å². The fourth-order valence-electron chi connectivity index (χ4n) is 3.35. The van der Waals surface area contributed by atoms with Crippen molar-refractivity contribution < 1.29 is 19.6 Å². The highest BCUT2D eigenvalue weighted by molar-refractivity contribution is 6.01. The number of primary amides is 1. The van der Waals surface area contributed by atoms with Crippen LogP contribution in [0.25, 0.3) is 0 Å². The van der Waals surface area contributed by atoms with Gasteiger partial charge in [-0.15, -0.1) is 0 Å². The number of benzene rings is 3. The molecule has 0 spiro atoms. The third-order valence-electron chi connectivity index (χ3n) is 5.09. The first-order valence-electron chi connectivity index (χ1n) is 10.4. The van der Waals surface area contributed by atoms with Gasteiger partial charge in [-0.1, -0.05) is 59.5 Å². The van der Waals surface area contributed by atoms with Crippen LogP contribution < -0.4 is 10.5 Å². The van der Waals surface area contributed by atoms with Gasteiger partial charge in [-0.25, -0.2) is 4.79 Å². The third-order valence-corrected chi connectivity index (χ3v) is 5.09. The number of nitrogens with zero attached hydrogens (tertiary/aromatic N) is 2. The largest absolute Gasteiger partial charge is 0.457 e. The molecule has 0 aliphatic carbocycles. The summed E-state index contributed by atoms with van der Waals surface area (Å²) in [7, 11) is 0. The van der Waals surface area contributed by atoms with Crippen molar-refractivity contribution in [2.45, 2.75) is 25.5 Å². The van der Waals surface area contributed by atoms with Crippen LogP contribution in [-0.2, 0) is 4.84 Å². The van der Waals surface area contributed by atoms with E-state index in [4.69, 9.17) is 15.3 Å². The van der Waals surface area contributed by atoms with Gasteiger partial charge < -0.3 is 15.3 Å². The number of oxime groups is 1. The molecule has 33 heavy (non-hydrogen) atoms. The van der Waals surface area contributed by atoms with Crippen LogP contribution in [0.1, 0.15) is 36.1 Å². The van der Waals surface area contributed by atoms with E-state index in [2.05, 4.69) is 17.0 Å². The molecule has 0 radical (unpaired) electrons. The van der Waals surface area contributed by atoms with Crippen molar-refractivity contribution in [3.63, 3.8) is 0 Å². The number of carbonyl (C=O) groups excluding carboxylic acids is 1. The Morgan fingerprint density at radius 3 is 2.67 bits per heavy atom. The number of hydrogen-bond donors (Lipinski definition) is 2. The summed E-state index contributed by atoms with van der Waals surface area (Å²) in [6, 6.07) is 23.3. The first-order valence-corrected chi connectivity index (χ1v) is 10.4. The molecular formula is C26H23N3O4. The minimum atomic E-state index is -0.951. The lowest BCUT2D eigenvalue weighted by atomic mass is 9.99. The van der Waals surface area contributed by atoms with E-state index >= 15 is 0 Å². The number of ether oxygens (including phenoxy) is 1. The summed E-state index contributed by atoms with van der Waals surface area (Å²) in [6.45, 7) is 1.58. The number of para-hydroxylation sites is 1. The van der Waals surface area contributed by atoms with Crippen LogP contribution >= 0.6 is 0 Å². The number of carbonyl (C=O) groups is 1. The normalized spacial score (nSPS) is 15.5. The molecule has 0 fully saturated rings. The highest BCUT2D eigenvalue weighted by Gasteiger charge is 2.24. The average Bonchev–Trinajstić information content (AvgIpc) is 3.33. The molecule has 0 saturated heterocycles. The fraction of sp³-hybridized carbons (Fsp3) is 0.154. The second kappa shape index (κ2) is 9.90. The molecule has 3 aromatic rings. The van der Waals surface area contributed by atoms with Crippen LogP contribution in [0.3, 0.4) is 0 Å². The Morgan fingerprint density at radius 1 is 1.12 bits per heavy atom. The number of amides is 2. The summed E-state index contributed by atoms with van der Waals surface area (Å²) in [6.07, 6.45) is 0.367. The van der Waals surface area contributed by atoms with Crippen molar-refractivity contribution >= 4 is 11.7 Å². The van der Waals surface area contributed by atoms with Gasteiger partial charge in [0.1, 0.15) is 17.5 Å². The number of rotatable bonds is 5. The molecule has 0 bridgehead atoms. The Hall–Kier alpha value is -4.28. The molecule has 1 heterocycles. The molecule has 0 aromatic heterocycles. The monoisotopic (exact) mass is 441 g/mol. The summed E-state index contributed by atoms with van der Waals surface area (Å²) in [4.78, 5) is 16.7. The lowest BCUT2D eigenvalue weighted by molar-refractivity contribution is -0.0536. The van der Waals surface area contributed by atoms with E-state index in [0.29, 0.717) is 11.5 Å². The fourth-order valence-corrected chi connectivity index (χ4v) is 3.35. The topological polar surface area (TPSA) is 97.4 Å². The van der Waals surface area contributed by atoms with Crippen molar-refractivity contribution in [2.75, 3.05) is 0 Å². The van der Waals surface area contributed by atoms with Gasteiger partial charge >= 0.3 is 6.03 Å². The predicted octanol–water partition coefficient (Wildman–Crippen LogP) is 4.85. The molecule has 1 aliphatic rings. The highest BCUT2D eigenvalue weighted by atomic mass is 16.6. The maximum Gasteiger partial charge on any atom is 0.339 e. The molecule has 4 rings (SSSR count). The van der Waals surface area contributed by atoms with Gasteiger partial charge in [0, 0.05) is 17.5 Å². The zero-order chi connectivity index (χ0) is 23.2. The zero-order valence-corrected chi connectivity index (χ0v) is 18.0. The van der Waals surface area contributed by atoms with Gasteiger partial charge in [0.15, 0.2) is 6.10 Å². The Kier molecular flexibility index (Phi) is 6.58. The van der Waals surface area contributed by atoms with Crippen molar-refractivity contribution in [2.24, 2.45) is 10.9 Å². The van der Waals surface area contributed by atoms with E-state index in [1.165, 1.54) is 0 Å². The standard InChI is InChI=1S/C26H23N3O4/c1-18(29(31)26(27)30)13-14-19-7-5-9-21(15-19)25-17-24(28-33-25)20-8-6-12-23(16-20)32-22-10-3-2-4-11-22/h2-12,15-16,18,25,31H,17H2,1H3,(H2,27,30). The second-order valence-corrected chi connectivity index (χ2v) is 7.53. The summed E-state index contributed by atoms with van der Waals surface area (Å²) < 4.78 is 5.92. The minimum Gasteiger partial charge on any atom is -0.457 e. The van der Waals surface area contributed by atoms with Gasteiger partial charge in [0.05, 0.1) is 5.71 Å². The first kappa shape index (κ1) is 21.9. The van der Waals surface area contributed by atoms with Crippen LogP contribution in [0, 0.1) is 11.8 Å². The first-order chi connectivity index (χ1) is 16.0. The molecule has 2 atom stereocenters. The minimum absolute atomic E-state index is 0.238. The Morgan fingerprint density at radius 2 is 1.88 bits per heavy atom. The molecule has 2 unspecified atom stereocenters. The maximum atomic E-state index is 11.0. The summed E-state index contributed by atoms with van der Waals surface area (Å²) in [5, 5.41) is 14.2. The number of hydrogen-bond acceptors (Lipinski definition) is 5. The molecular weight excluding hydrogens is 418 g/mol. The summed E-state index contributed by atoms with van der Waals surface area (Å²) >= 11 is 0. The summed E-state index contributed by atoms with van der Waals surface area (Å²) in [5.41, 5.74) is 8.48.